The number of nitrogens with zero attached hydrogens (tertiary/aromatic N) is 1. The average molecular weight is 439 g/mol. The van der Waals surface area contributed by atoms with Crippen molar-refractivity contribution < 1.29 is 17.9 Å². The number of sulfonamides is 1. The van der Waals surface area contributed by atoms with E-state index in [1.807, 2.05) is 62.4 Å². The number of ether oxygens (including phenoxy) is 1. The first-order valence-electron chi connectivity index (χ1n) is 9.85. The molecule has 0 heterocycles. The molecule has 0 radical (unpaired) electrons. The van der Waals surface area contributed by atoms with Crippen LogP contribution in [0.5, 0.6) is 5.75 Å². The molecule has 0 aliphatic rings. The summed E-state index contributed by atoms with van der Waals surface area (Å²) in [6, 6.07) is 21.3. The predicted octanol–water partition coefficient (Wildman–Crippen LogP) is 4.14. The molecule has 0 spiro atoms. The van der Waals surface area contributed by atoms with Gasteiger partial charge in [0, 0.05) is 19.3 Å². The van der Waals surface area contributed by atoms with Gasteiger partial charge in [-0.05, 0) is 66.9 Å². The zero-order chi connectivity index (χ0) is 22.4. The summed E-state index contributed by atoms with van der Waals surface area (Å²) in [6.45, 7) is 4.03. The molecule has 3 aromatic rings. The van der Waals surface area contributed by atoms with Crippen LogP contribution in [0.4, 0.5) is 5.69 Å². The number of carbonyl (C=O) groups excluding carboxylic acids is 1. The monoisotopic (exact) mass is 438 g/mol. The van der Waals surface area contributed by atoms with E-state index < -0.39 is 10.0 Å². The fourth-order valence-corrected chi connectivity index (χ4v) is 4.37. The minimum atomic E-state index is -3.64. The zero-order valence-electron chi connectivity index (χ0n) is 17.8. The molecule has 0 unspecified atom stereocenters. The van der Waals surface area contributed by atoms with Gasteiger partial charge < -0.3 is 10.1 Å². The van der Waals surface area contributed by atoms with Crippen LogP contribution in [0.15, 0.2) is 77.7 Å². The van der Waals surface area contributed by atoms with Gasteiger partial charge >= 0.3 is 0 Å². The molecule has 1 amide bonds. The molecule has 1 N–H and O–H groups in total. The lowest BCUT2D eigenvalue weighted by atomic mass is 10.1. The molecule has 0 aliphatic heterocycles. The van der Waals surface area contributed by atoms with E-state index in [1.165, 1.54) is 16.4 Å². The van der Waals surface area contributed by atoms with Crippen LogP contribution in [0, 0.1) is 13.8 Å². The quantitative estimate of drug-likeness (QED) is 0.574. The Morgan fingerprint density at radius 1 is 0.935 bits per heavy atom. The van der Waals surface area contributed by atoms with Crippen LogP contribution in [0.2, 0.25) is 0 Å². The lowest BCUT2D eigenvalue weighted by Gasteiger charge is -2.17. The molecule has 3 rings (SSSR count). The molecule has 0 bridgehead atoms. The number of aryl methyl sites for hydroxylation is 2. The third kappa shape index (κ3) is 6.16. The Labute approximate surface area is 183 Å². The van der Waals surface area contributed by atoms with Crippen molar-refractivity contribution in [1.82, 2.24) is 4.31 Å². The van der Waals surface area contributed by atoms with E-state index in [2.05, 4.69) is 5.32 Å². The third-order valence-electron chi connectivity index (χ3n) is 4.66. The molecule has 31 heavy (non-hydrogen) atoms. The normalized spacial score (nSPS) is 11.4. The van der Waals surface area contributed by atoms with Crippen molar-refractivity contribution in [3.63, 3.8) is 0 Å². The van der Waals surface area contributed by atoms with Crippen molar-refractivity contribution in [3.05, 3.63) is 89.5 Å². The number of anilines is 1. The number of nitrogens with one attached hydrogen (secondary N) is 1. The van der Waals surface area contributed by atoms with Crippen LogP contribution < -0.4 is 10.1 Å². The SMILES string of the molecule is Cc1cc(C)cc(NC(=O)COc2ccc(S(=O)(=O)N(C)Cc3ccccc3)cc2)c1. The van der Waals surface area contributed by atoms with Crippen LogP contribution in [0.1, 0.15) is 16.7 Å². The smallest absolute Gasteiger partial charge is 0.262 e. The highest BCUT2D eigenvalue weighted by atomic mass is 32.2. The summed E-state index contributed by atoms with van der Waals surface area (Å²) in [5.41, 5.74) is 3.74. The summed E-state index contributed by atoms with van der Waals surface area (Å²) in [5.74, 6) is 0.129. The molecule has 6 nitrogen and oxygen atoms in total. The summed E-state index contributed by atoms with van der Waals surface area (Å²) in [7, 11) is -2.09. The first-order valence-corrected chi connectivity index (χ1v) is 11.3. The maximum Gasteiger partial charge on any atom is 0.262 e. The number of carbonyl (C=O) groups is 1. The second-order valence-electron chi connectivity index (χ2n) is 7.43. The summed E-state index contributed by atoms with van der Waals surface area (Å²) in [6.07, 6.45) is 0. The number of hydrogen-bond acceptors (Lipinski definition) is 4. The summed E-state index contributed by atoms with van der Waals surface area (Å²) < 4.78 is 32.4. The molecule has 3 aromatic carbocycles. The largest absolute Gasteiger partial charge is 0.484 e. The fraction of sp³-hybridized carbons (Fsp3) is 0.208. The Balaban J connectivity index is 1.58. The maximum absolute atomic E-state index is 12.8. The number of benzene rings is 3. The Bertz CT molecular complexity index is 1120. The number of hydrogen-bond donors (Lipinski definition) is 1. The van der Waals surface area contributed by atoms with Crippen LogP contribution in [-0.2, 0) is 21.4 Å². The molecule has 0 saturated carbocycles. The molecule has 7 heteroatoms. The van der Waals surface area contributed by atoms with Gasteiger partial charge in [-0.3, -0.25) is 4.79 Å². The second kappa shape index (κ2) is 9.76. The van der Waals surface area contributed by atoms with Crippen molar-refractivity contribution in [1.29, 1.82) is 0 Å². The second-order valence-corrected chi connectivity index (χ2v) is 9.48. The third-order valence-corrected chi connectivity index (χ3v) is 6.47. The molecule has 162 valence electrons. The van der Waals surface area contributed by atoms with Gasteiger partial charge in [0.15, 0.2) is 6.61 Å². The van der Waals surface area contributed by atoms with E-state index in [-0.39, 0.29) is 24.0 Å². The van der Waals surface area contributed by atoms with E-state index in [4.69, 9.17) is 4.74 Å². The van der Waals surface area contributed by atoms with Crippen LogP contribution in [-0.4, -0.2) is 32.3 Å². The minimum absolute atomic E-state index is 0.165. The van der Waals surface area contributed by atoms with Gasteiger partial charge in [0.05, 0.1) is 4.90 Å². The van der Waals surface area contributed by atoms with E-state index in [0.29, 0.717) is 11.4 Å². The first-order chi connectivity index (χ1) is 14.7. The molecule has 0 saturated heterocycles. The van der Waals surface area contributed by atoms with E-state index >= 15 is 0 Å². The van der Waals surface area contributed by atoms with Crippen molar-refractivity contribution >= 4 is 21.6 Å². The highest BCUT2D eigenvalue weighted by molar-refractivity contribution is 7.89. The number of rotatable bonds is 8. The summed E-state index contributed by atoms with van der Waals surface area (Å²) >= 11 is 0. The zero-order valence-corrected chi connectivity index (χ0v) is 18.6. The summed E-state index contributed by atoms with van der Waals surface area (Å²) in [5, 5.41) is 2.80. The standard InChI is InChI=1S/C24H26N2O4S/c1-18-13-19(2)15-21(14-18)25-24(27)17-30-22-9-11-23(12-10-22)31(28,29)26(3)16-20-7-5-4-6-8-20/h4-15H,16-17H2,1-3H3,(H,25,27). The predicted molar refractivity (Wildman–Crippen MR) is 122 cm³/mol. The first kappa shape index (κ1) is 22.5. The summed E-state index contributed by atoms with van der Waals surface area (Å²) in [4.78, 5) is 12.3. The molecular weight excluding hydrogens is 412 g/mol. The van der Waals surface area contributed by atoms with Gasteiger partial charge in [-0.1, -0.05) is 36.4 Å². The highest BCUT2D eigenvalue weighted by Gasteiger charge is 2.21. The van der Waals surface area contributed by atoms with Crippen molar-refractivity contribution in [2.45, 2.75) is 25.3 Å². The molecule has 0 aliphatic carbocycles. The molecule has 0 fully saturated rings. The maximum atomic E-state index is 12.8. The molecule has 0 atom stereocenters. The van der Waals surface area contributed by atoms with Gasteiger partial charge in [-0.2, -0.15) is 4.31 Å². The Hall–Kier alpha value is -3.16. The lowest BCUT2D eigenvalue weighted by Crippen LogP contribution is -2.26. The van der Waals surface area contributed by atoms with E-state index in [9.17, 15) is 13.2 Å². The van der Waals surface area contributed by atoms with Gasteiger partial charge in [-0.15, -0.1) is 0 Å². The fourth-order valence-electron chi connectivity index (χ4n) is 3.21. The van der Waals surface area contributed by atoms with Gasteiger partial charge in [0.2, 0.25) is 10.0 Å². The van der Waals surface area contributed by atoms with Gasteiger partial charge in [-0.25, -0.2) is 8.42 Å². The van der Waals surface area contributed by atoms with Crippen LogP contribution in [0.25, 0.3) is 0 Å². The minimum Gasteiger partial charge on any atom is -0.484 e. The van der Waals surface area contributed by atoms with Gasteiger partial charge in [0.25, 0.3) is 5.91 Å². The Kier molecular flexibility index (Phi) is 7.09. The van der Waals surface area contributed by atoms with E-state index in [0.717, 1.165) is 16.7 Å². The van der Waals surface area contributed by atoms with Crippen molar-refractivity contribution in [2.24, 2.45) is 0 Å². The topological polar surface area (TPSA) is 75.7 Å². The van der Waals surface area contributed by atoms with Gasteiger partial charge in [0.1, 0.15) is 5.75 Å². The average Bonchev–Trinajstić information content (AvgIpc) is 2.72. The Morgan fingerprint density at radius 3 is 2.16 bits per heavy atom. The highest BCUT2D eigenvalue weighted by Crippen LogP contribution is 2.20. The molecular formula is C24H26N2O4S. The lowest BCUT2D eigenvalue weighted by molar-refractivity contribution is -0.118. The Morgan fingerprint density at radius 2 is 1.55 bits per heavy atom. The van der Waals surface area contributed by atoms with Crippen LogP contribution >= 0.6 is 0 Å². The van der Waals surface area contributed by atoms with Crippen LogP contribution in [0.3, 0.4) is 0 Å². The van der Waals surface area contributed by atoms with Crippen molar-refractivity contribution in [3.8, 4) is 5.75 Å². The van der Waals surface area contributed by atoms with E-state index in [1.54, 1.807) is 19.2 Å². The number of amides is 1. The van der Waals surface area contributed by atoms with Crippen molar-refractivity contribution in [2.75, 3.05) is 19.0 Å². The molecule has 0 aromatic heterocycles.